The summed E-state index contributed by atoms with van der Waals surface area (Å²) < 4.78 is 1.50. The molecule has 0 aliphatic carbocycles. The Balaban J connectivity index is 1.44. The van der Waals surface area contributed by atoms with Gasteiger partial charge in [-0.1, -0.05) is 59.8 Å². The number of amides is 1. The van der Waals surface area contributed by atoms with Crippen LogP contribution < -0.4 is 11.1 Å². The first-order valence-electron chi connectivity index (χ1n) is 9.35. The van der Waals surface area contributed by atoms with Gasteiger partial charge in [0.05, 0.1) is 17.6 Å². The fourth-order valence-electron chi connectivity index (χ4n) is 2.97. The molecule has 3 N–H and O–H groups in total. The molecular weight excluding hydrogens is 378 g/mol. The first-order chi connectivity index (χ1) is 14.6. The van der Waals surface area contributed by atoms with Gasteiger partial charge in [0.1, 0.15) is 12.2 Å². The van der Waals surface area contributed by atoms with Crippen molar-refractivity contribution in [3.05, 3.63) is 96.2 Å². The number of anilines is 2. The number of nitrogen functional groups attached to an aromatic ring is 1. The van der Waals surface area contributed by atoms with Gasteiger partial charge in [-0.3, -0.25) is 9.59 Å². The number of aromatic nitrogens is 3. The highest BCUT2D eigenvalue weighted by atomic mass is 16.1. The highest BCUT2D eigenvalue weighted by molar-refractivity contribution is 6.05. The smallest absolute Gasteiger partial charge is 0.255 e. The quantitative estimate of drug-likeness (QED) is 0.382. The Morgan fingerprint density at radius 3 is 2.30 bits per heavy atom. The van der Waals surface area contributed by atoms with Crippen LogP contribution in [0.25, 0.3) is 11.3 Å². The number of nitrogens with two attached hydrogens (primary N) is 1. The molecule has 7 heteroatoms. The van der Waals surface area contributed by atoms with Gasteiger partial charge >= 0.3 is 0 Å². The predicted octanol–water partition coefficient (Wildman–Crippen LogP) is 3.66. The van der Waals surface area contributed by atoms with E-state index in [1.807, 2.05) is 18.2 Å². The van der Waals surface area contributed by atoms with Crippen LogP contribution >= 0.6 is 0 Å². The monoisotopic (exact) mass is 397 g/mol. The number of carbonyl (C=O) groups is 2. The van der Waals surface area contributed by atoms with Crippen molar-refractivity contribution in [2.75, 3.05) is 11.1 Å². The van der Waals surface area contributed by atoms with Gasteiger partial charge in [-0.25, -0.2) is 4.68 Å². The zero-order valence-corrected chi connectivity index (χ0v) is 16.0. The third kappa shape index (κ3) is 4.25. The number of ketones is 1. The minimum atomic E-state index is -0.253. The van der Waals surface area contributed by atoms with Crippen molar-refractivity contribution in [2.24, 2.45) is 0 Å². The number of Topliss-reactive ketones (excluding diaryl/α,β-unsaturated/α-hetero) is 1. The summed E-state index contributed by atoms with van der Waals surface area (Å²) >= 11 is 0. The average molecular weight is 397 g/mol. The second kappa shape index (κ2) is 8.40. The molecule has 0 saturated heterocycles. The molecule has 4 aromatic rings. The normalized spacial score (nSPS) is 10.5. The van der Waals surface area contributed by atoms with Crippen LogP contribution in [0.15, 0.2) is 85.1 Å². The maximum atomic E-state index is 12.4. The van der Waals surface area contributed by atoms with Gasteiger partial charge in [0.25, 0.3) is 5.91 Å². The zero-order chi connectivity index (χ0) is 20.9. The van der Waals surface area contributed by atoms with E-state index in [2.05, 4.69) is 15.6 Å². The molecule has 1 heterocycles. The summed E-state index contributed by atoms with van der Waals surface area (Å²) in [6.45, 7) is 0.107. The lowest BCUT2D eigenvalue weighted by Crippen LogP contribution is -2.12. The molecule has 0 saturated carbocycles. The van der Waals surface area contributed by atoms with E-state index >= 15 is 0 Å². The van der Waals surface area contributed by atoms with Crippen LogP contribution in [0.2, 0.25) is 0 Å². The first kappa shape index (κ1) is 19.1. The van der Waals surface area contributed by atoms with E-state index in [1.54, 1.807) is 66.9 Å². The van der Waals surface area contributed by atoms with E-state index < -0.39 is 0 Å². The molecule has 0 bridgehead atoms. The number of hydrogen-bond acceptors (Lipinski definition) is 5. The van der Waals surface area contributed by atoms with Crippen LogP contribution in [0.5, 0.6) is 0 Å². The number of nitrogens with zero attached hydrogens (tertiary/aromatic N) is 3. The number of nitrogens with one attached hydrogen (secondary N) is 1. The third-order valence-electron chi connectivity index (χ3n) is 4.59. The second-order valence-electron chi connectivity index (χ2n) is 6.71. The minimum Gasteiger partial charge on any atom is -0.397 e. The van der Waals surface area contributed by atoms with E-state index in [9.17, 15) is 9.59 Å². The van der Waals surface area contributed by atoms with Crippen molar-refractivity contribution in [3.63, 3.8) is 0 Å². The Morgan fingerprint density at radius 2 is 1.57 bits per heavy atom. The SMILES string of the molecule is Nc1ccccc1NC(=O)c1ccc(-c2cn(CC(=O)c3ccccc3)nn2)cc1. The van der Waals surface area contributed by atoms with E-state index in [-0.39, 0.29) is 18.2 Å². The fourth-order valence-corrected chi connectivity index (χ4v) is 2.97. The molecule has 3 aromatic carbocycles. The first-order valence-corrected chi connectivity index (χ1v) is 9.35. The molecular formula is C23H19N5O2. The Bertz CT molecular complexity index is 1180. The maximum Gasteiger partial charge on any atom is 0.255 e. The molecule has 7 nitrogen and oxygen atoms in total. The van der Waals surface area contributed by atoms with Crippen LogP contribution in [0.1, 0.15) is 20.7 Å². The fraction of sp³-hybridized carbons (Fsp3) is 0.0435. The number of hydrogen-bond donors (Lipinski definition) is 2. The van der Waals surface area contributed by atoms with E-state index in [0.717, 1.165) is 5.56 Å². The van der Waals surface area contributed by atoms with Crippen LogP contribution in [0.3, 0.4) is 0 Å². The van der Waals surface area contributed by atoms with Crippen LogP contribution in [-0.2, 0) is 6.54 Å². The largest absolute Gasteiger partial charge is 0.397 e. The number of rotatable bonds is 6. The van der Waals surface area contributed by atoms with Crippen LogP contribution in [0.4, 0.5) is 11.4 Å². The molecule has 0 spiro atoms. The van der Waals surface area contributed by atoms with Gasteiger partial charge < -0.3 is 11.1 Å². The number of para-hydroxylation sites is 2. The molecule has 0 aliphatic rings. The van der Waals surface area contributed by atoms with E-state index in [4.69, 9.17) is 5.73 Å². The summed E-state index contributed by atoms with van der Waals surface area (Å²) in [4.78, 5) is 24.7. The third-order valence-corrected chi connectivity index (χ3v) is 4.59. The Hall–Kier alpha value is -4.26. The predicted molar refractivity (Wildman–Crippen MR) is 115 cm³/mol. The molecule has 30 heavy (non-hydrogen) atoms. The number of carbonyl (C=O) groups excluding carboxylic acids is 2. The van der Waals surface area contributed by atoms with Crippen molar-refractivity contribution in [2.45, 2.75) is 6.54 Å². The average Bonchev–Trinajstić information content (AvgIpc) is 3.24. The van der Waals surface area contributed by atoms with Gasteiger partial charge in [0, 0.05) is 16.7 Å². The highest BCUT2D eigenvalue weighted by Crippen LogP contribution is 2.20. The van der Waals surface area contributed by atoms with Crippen molar-refractivity contribution < 1.29 is 9.59 Å². The lowest BCUT2D eigenvalue weighted by atomic mass is 10.1. The van der Waals surface area contributed by atoms with Crippen LogP contribution in [0, 0.1) is 0 Å². The van der Waals surface area contributed by atoms with Crippen molar-refractivity contribution in [3.8, 4) is 11.3 Å². The van der Waals surface area contributed by atoms with Gasteiger partial charge in [-0.2, -0.15) is 0 Å². The minimum absolute atomic E-state index is 0.0424. The zero-order valence-electron chi connectivity index (χ0n) is 16.0. The molecule has 148 valence electrons. The Kier molecular flexibility index (Phi) is 5.34. The van der Waals surface area contributed by atoms with Crippen molar-refractivity contribution in [1.29, 1.82) is 0 Å². The molecule has 0 unspecified atom stereocenters. The molecule has 1 aromatic heterocycles. The molecule has 0 atom stereocenters. The van der Waals surface area contributed by atoms with Gasteiger partial charge in [-0.05, 0) is 24.3 Å². The molecule has 0 aliphatic heterocycles. The Morgan fingerprint density at radius 1 is 0.867 bits per heavy atom. The summed E-state index contributed by atoms with van der Waals surface area (Å²) in [6, 6.07) is 23.1. The summed E-state index contributed by atoms with van der Waals surface area (Å²) in [7, 11) is 0. The second-order valence-corrected chi connectivity index (χ2v) is 6.71. The molecule has 4 rings (SSSR count). The van der Waals surface area contributed by atoms with Gasteiger partial charge in [-0.15, -0.1) is 5.10 Å². The summed E-state index contributed by atoms with van der Waals surface area (Å²) in [6.07, 6.45) is 1.71. The standard InChI is InChI=1S/C23H19N5O2/c24-19-8-4-5-9-20(19)25-23(30)18-12-10-16(11-13-18)21-14-28(27-26-21)15-22(29)17-6-2-1-3-7-17/h1-14H,15,24H2,(H,25,30). The van der Waals surface area contributed by atoms with Gasteiger partial charge in [0.2, 0.25) is 0 Å². The van der Waals surface area contributed by atoms with E-state index in [1.165, 1.54) is 4.68 Å². The summed E-state index contributed by atoms with van der Waals surface area (Å²) in [5, 5.41) is 11.0. The van der Waals surface area contributed by atoms with Crippen molar-refractivity contribution >= 4 is 23.1 Å². The van der Waals surface area contributed by atoms with E-state index in [0.29, 0.717) is 28.2 Å². The lowest BCUT2D eigenvalue weighted by Gasteiger charge is -2.08. The molecule has 1 amide bonds. The summed E-state index contributed by atoms with van der Waals surface area (Å²) in [5.74, 6) is -0.296. The summed E-state index contributed by atoms with van der Waals surface area (Å²) in [5.41, 5.74) is 9.47. The highest BCUT2D eigenvalue weighted by Gasteiger charge is 2.11. The topological polar surface area (TPSA) is 103 Å². The van der Waals surface area contributed by atoms with Crippen LogP contribution in [-0.4, -0.2) is 26.7 Å². The Labute approximate surface area is 173 Å². The van der Waals surface area contributed by atoms with Gasteiger partial charge in [0.15, 0.2) is 5.78 Å². The molecule has 0 radical (unpaired) electrons. The maximum absolute atomic E-state index is 12.4. The number of benzene rings is 3. The lowest BCUT2D eigenvalue weighted by molar-refractivity contribution is 0.0966. The van der Waals surface area contributed by atoms with Crippen molar-refractivity contribution in [1.82, 2.24) is 15.0 Å². The molecule has 0 fully saturated rings.